The molecule has 2 aromatic rings. The van der Waals surface area contributed by atoms with E-state index in [1.807, 2.05) is 52.6 Å². The zero-order chi connectivity index (χ0) is 25.7. The van der Waals surface area contributed by atoms with Crippen LogP contribution in [0.2, 0.25) is 0 Å². The van der Waals surface area contributed by atoms with Gasteiger partial charge in [0.25, 0.3) is 5.91 Å². The predicted octanol–water partition coefficient (Wildman–Crippen LogP) is 3.85. The van der Waals surface area contributed by atoms with E-state index in [0.717, 1.165) is 61.4 Å². The molecule has 2 amide bonds. The maximum atomic E-state index is 13.1. The molecule has 0 unspecified atom stereocenters. The smallest absolute Gasteiger partial charge is 0.305 e. The first-order valence-corrected chi connectivity index (χ1v) is 13.2. The van der Waals surface area contributed by atoms with E-state index >= 15 is 0 Å². The van der Waals surface area contributed by atoms with Crippen molar-refractivity contribution in [2.24, 2.45) is 5.92 Å². The molecule has 2 saturated heterocycles. The molecule has 0 bridgehead atoms. The first-order chi connectivity index (χ1) is 17.4. The van der Waals surface area contributed by atoms with Crippen LogP contribution in [0.4, 0.5) is 0 Å². The van der Waals surface area contributed by atoms with Crippen LogP contribution < -0.4 is 0 Å². The van der Waals surface area contributed by atoms with Gasteiger partial charge in [0.1, 0.15) is 0 Å². The number of benzene rings is 1. The molecule has 2 aliphatic rings. The second kappa shape index (κ2) is 11.7. The number of carbonyl (C=O) groups excluding carboxylic acids is 3. The molecule has 4 rings (SSSR count). The van der Waals surface area contributed by atoms with Crippen LogP contribution in [0, 0.1) is 19.8 Å². The van der Waals surface area contributed by atoms with Gasteiger partial charge >= 0.3 is 5.97 Å². The Hall–Kier alpha value is -3.16. The molecule has 0 N–H and O–H groups in total. The van der Waals surface area contributed by atoms with Crippen molar-refractivity contribution in [2.75, 3.05) is 33.3 Å². The number of amides is 2. The first kappa shape index (κ1) is 25.9. The molecule has 8 heteroatoms. The molecule has 2 aliphatic heterocycles. The number of ether oxygens (including phenoxy) is 1. The van der Waals surface area contributed by atoms with Gasteiger partial charge in [0.05, 0.1) is 18.5 Å². The molecule has 1 aromatic heterocycles. The number of carbonyl (C=O) groups is 3. The molecule has 194 valence electrons. The Morgan fingerprint density at radius 1 is 0.917 bits per heavy atom. The second-order valence-electron chi connectivity index (χ2n) is 9.99. The molecule has 2 fully saturated rings. The summed E-state index contributed by atoms with van der Waals surface area (Å²) in [6, 6.07) is 7.51. The quantitative estimate of drug-likeness (QED) is 0.570. The molecule has 3 heterocycles. The minimum Gasteiger partial charge on any atom is -0.469 e. The van der Waals surface area contributed by atoms with Crippen LogP contribution in [0.5, 0.6) is 0 Å². The molecular weight excluding hydrogens is 456 g/mol. The number of hydrogen-bond acceptors (Lipinski definition) is 5. The highest BCUT2D eigenvalue weighted by molar-refractivity contribution is 5.94. The maximum Gasteiger partial charge on any atom is 0.305 e. The van der Waals surface area contributed by atoms with Crippen LogP contribution in [0.3, 0.4) is 0 Å². The fourth-order valence-electron chi connectivity index (χ4n) is 5.42. The van der Waals surface area contributed by atoms with E-state index in [1.165, 1.54) is 20.0 Å². The fraction of sp³-hybridized carbons (Fsp3) is 0.571. The zero-order valence-corrected chi connectivity index (χ0v) is 21.8. The molecule has 8 nitrogen and oxygen atoms in total. The number of rotatable bonds is 6. The molecule has 36 heavy (non-hydrogen) atoms. The molecule has 0 aliphatic carbocycles. The van der Waals surface area contributed by atoms with Crippen LogP contribution in [-0.4, -0.2) is 70.7 Å². The summed E-state index contributed by atoms with van der Waals surface area (Å²) in [6.45, 7) is 6.92. The van der Waals surface area contributed by atoms with Gasteiger partial charge in [0.2, 0.25) is 5.91 Å². The van der Waals surface area contributed by atoms with Crippen molar-refractivity contribution in [1.82, 2.24) is 19.6 Å². The van der Waals surface area contributed by atoms with Gasteiger partial charge in [0, 0.05) is 49.8 Å². The predicted molar refractivity (Wildman–Crippen MR) is 137 cm³/mol. The minimum absolute atomic E-state index is 0.00866. The minimum atomic E-state index is -0.236. The first-order valence-electron chi connectivity index (χ1n) is 13.2. The highest BCUT2D eigenvalue weighted by Gasteiger charge is 2.30. The fourth-order valence-corrected chi connectivity index (χ4v) is 5.42. The lowest BCUT2D eigenvalue weighted by Crippen LogP contribution is -2.44. The monoisotopic (exact) mass is 494 g/mol. The summed E-state index contributed by atoms with van der Waals surface area (Å²) in [4.78, 5) is 41.6. The maximum absolute atomic E-state index is 13.1. The average molecular weight is 495 g/mol. The van der Waals surface area contributed by atoms with Crippen molar-refractivity contribution >= 4 is 17.8 Å². The summed E-state index contributed by atoms with van der Waals surface area (Å²) in [5.74, 6) is 0.0900. The lowest BCUT2D eigenvalue weighted by molar-refractivity contribution is -0.140. The Morgan fingerprint density at radius 2 is 1.56 bits per heavy atom. The largest absolute Gasteiger partial charge is 0.469 e. The van der Waals surface area contributed by atoms with Gasteiger partial charge in [-0.25, -0.2) is 4.68 Å². The summed E-state index contributed by atoms with van der Waals surface area (Å²) < 4.78 is 6.61. The van der Waals surface area contributed by atoms with Gasteiger partial charge in [-0.1, -0.05) is 12.8 Å². The summed E-state index contributed by atoms with van der Waals surface area (Å²) >= 11 is 0. The standard InChI is InChI=1S/C28H38N4O4/c1-20-25(12-13-26(33)36-3)21(2)32(29-20)24-10-8-22(9-11-24)27(34)31-18-14-23(15-19-31)28(35)30-16-6-4-5-7-17-30/h8-11,23H,4-7,12-19H2,1-3H3. The van der Waals surface area contributed by atoms with E-state index in [2.05, 4.69) is 5.10 Å². The lowest BCUT2D eigenvalue weighted by atomic mass is 9.94. The Labute approximate surface area is 213 Å². The van der Waals surface area contributed by atoms with Crippen molar-refractivity contribution in [3.05, 3.63) is 46.8 Å². The van der Waals surface area contributed by atoms with Crippen molar-refractivity contribution in [3.8, 4) is 5.69 Å². The van der Waals surface area contributed by atoms with Crippen molar-refractivity contribution in [3.63, 3.8) is 0 Å². The van der Waals surface area contributed by atoms with Gasteiger partial charge in [0.15, 0.2) is 0 Å². The summed E-state index contributed by atoms with van der Waals surface area (Å²) in [5, 5.41) is 4.65. The Balaban J connectivity index is 1.36. The van der Waals surface area contributed by atoms with Gasteiger partial charge in [-0.3, -0.25) is 14.4 Å². The van der Waals surface area contributed by atoms with Gasteiger partial charge in [-0.05, 0) is 75.8 Å². The number of hydrogen-bond donors (Lipinski definition) is 0. The lowest BCUT2D eigenvalue weighted by Gasteiger charge is -2.34. The van der Waals surface area contributed by atoms with E-state index in [0.29, 0.717) is 31.5 Å². The van der Waals surface area contributed by atoms with Crippen molar-refractivity contribution in [1.29, 1.82) is 0 Å². The third-order valence-corrected chi connectivity index (χ3v) is 7.66. The van der Waals surface area contributed by atoms with E-state index in [4.69, 9.17) is 4.74 Å². The molecule has 1 aromatic carbocycles. The van der Waals surface area contributed by atoms with Gasteiger partial charge < -0.3 is 14.5 Å². The summed E-state index contributed by atoms with van der Waals surface area (Å²) in [5.41, 5.74) is 4.42. The highest BCUT2D eigenvalue weighted by Crippen LogP contribution is 2.24. The normalized spacial score (nSPS) is 17.1. The van der Waals surface area contributed by atoms with E-state index in [-0.39, 0.29) is 23.7 Å². The molecule has 0 atom stereocenters. The SMILES string of the molecule is COC(=O)CCc1c(C)nn(-c2ccc(C(=O)N3CCC(C(=O)N4CCCCCC4)CC3)cc2)c1C. The second-order valence-corrected chi connectivity index (χ2v) is 9.99. The van der Waals surface area contributed by atoms with Gasteiger partial charge in [-0.15, -0.1) is 0 Å². The van der Waals surface area contributed by atoms with Crippen LogP contribution >= 0.6 is 0 Å². The van der Waals surface area contributed by atoms with Crippen LogP contribution in [0.15, 0.2) is 24.3 Å². The third-order valence-electron chi connectivity index (χ3n) is 7.66. The van der Waals surface area contributed by atoms with Crippen LogP contribution in [0.25, 0.3) is 5.69 Å². The molecular formula is C28H38N4O4. The molecule has 0 radical (unpaired) electrons. The Morgan fingerprint density at radius 3 is 2.17 bits per heavy atom. The number of aromatic nitrogens is 2. The summed E-state index contributed by atoms with van der Waals surface area (Å²) in [7, 11) is 1.40. The number of esters is 1. The Bertz CT molecular complexity index is 1080. The Kier molecular flexibility index (Phi) is 8.44. The van der Waals surface area contributed by atoms with E-state index in [9.17, 15) is 14.4 Å². The summed E-state index contributed by atoms with van der Waals surface area (Å²) in [6.07, 6.45) is 7.00. The van der Waals surface area contributed by atoms with Crippen LogP contribution in [0.1, 0.15) is 72.3 Å². The topological polar surface area (TPSA) is 84.7 Å². The molecule has 0 spiro atoms. The van der Waals surface area contributed by atoms with Crippen molar-refractivity contribution < 1.29 is 19.1 Å². The van der Waals surface area contributed by atoms with E-state index in [1.54, 1.807) is 0 Å². The number of aryl methyl sites for hydroxylation is 1. The third kappa shape index (κ3) is 5.79. The number of likely N-dealkylation sites (tertiary alicyclic amines) is 2. The van der Waals surface area contributed by atoms with Crippen LogP contribution in [-0.2, 0) is 20.7 Å². The van der Waals surface area contributed by atoms with Gasteiger partial charge in [-0.2, -0.15) is 5.10 Å². The number of piperidine rings is 1. The highest BCUT2D eigenvalue weighted by atomic mass is 16.5. The number of methoxy groups -OCH3 is 1. The zero-order valence-electron chi connectivity index (χ0n) is 21.8. The molecule has 0 saturated carbocycles. The number of nitrogens with zero attached hydrogens (tertiary/aromatic N) is 4. The van der Waals surface area contributed by atoms with E-state index < -0.39 is 0 Å². The average Bonchev–Trinajstić information content (AvgIpc) is 3.07. The van der Waals surface area contributed by atoms with Crippen molar-refractivity contribution in [2.45, 2.75) is 65.2 Å².